The second kappa shape index (κ2) is 8.62. The van der Waals surface area contributed by atoms with E-state index in [1.807, 2.05) is 24.3 Å². The van der Waals surface area contributed by atoms with Crippen molar-refractivity contribution in [1.82, 2.24) is 0 Å². The van der Waals surface area contributed by atoms with Crippen molar-refractivity contribution in [2.75, 3.05) is 13.2 Å². The van der Waals surface area contributed by atoms with Crippen LogP contribution < -0.4 is 9.47 Å². The van der Waals surface area contributed by atoms with Gasteiger partial charge in [0.15, 0.2) is 0 Å². The topological polar surface area (TPSA) is 18.5 Å². The summed E-state index contributed by atoms with van der Waals surface area (Å²) >= 11 is 0. The summed E-state index contributed by atoms with van der Waals surface area (Å²) in [5.41, 5.74) is 3.11. The molecule has 26 heavy (non-hydrogen) atoms. The fourth-order valence-corrected chi connectivity index (χ4v) is 2.73. The summed E-state index contributed by atoms with van der Waals surface area (Å²) in [4.78, 5) is 0. The van der Waals surface area contributed by atoms with E-state index in [1.165, 1.54) is 11.1 Å². The predicted octanol–water partition coefficient (Wildman–Crippen LogP) is 6.52. The zero-order valence-electron chi connectivity index (χ0n) is 17.3. The molecular formula is C24H34O2. The van der Waals surface area contributed by atoms with Gasteiger partial charge < -0.3 is 9.47 Å². The lowest BCUT2D eigenvalue weighted by molar-refractivity contribution is 0.217. The van der Waals surface area contributed by atoms with Gasteiger partial charge in [0, 0.05) is 0 Å². The van der Waals surface area contributed by atoms with Crippen molar-refractivity contribution in [2.45, 2.75) is 65.2 Å². The van der Waals surface area contributed by atoms with Crippen molar-refractivity contribution in [3.8, 4) is 11.5 Å². The van der Waals surface area contributed by atoms with Crippen molar-refractivity contribution in [3.63, 3.8) is 0 Å². The molecule has 0 unspecified atom stereocenters. The molecule has 2 heteroatoms. The van der Waals surface area contributed by atoms with Gasteiger partial charge in [-0.1, -0.05) is 65.8 Å². The third-order valence-electron chi connectivity index (χ3n) is 5.66. The largest absolute Gasteiger partial charge is 0.490 e. The number of ether oxygens (including phenoxy) is 2. The number of benzene rings is 2. The van der Waals surface area contributed by atoms with Gasteiger partial charge in [-0.05, 0) is 59.1 Å². The normalized spacial score (nSPS) is 12.1. The third-order valence-corrected chi connectivity index (χ3v) is 5.66. The van der Waals surface area contributed by atoms with Gasteiger partial charge in [-0.2, -0.15) is 0 Å². The Kier molecular flexibility index (Phi) is 6.75. The molecule has 0 fully saturated rings. The highest BCUT2D eigenvalue weighted by molar-refractivity contribution is 5.32. The number of rotatable bonds is 9. The van der Waals surface area contributed by atoms with E-state index in [0.29, 0.717) is 13.2 Å². The van der Waals surface area contributed by atoms with Gasteiger partial charge in [-0.25, -0.2) is 0 Å². The molecule has 0 saturated carbocycles. The maximum atomic E-state index is 5.80. The number of hydrogen-bond donors (Lipinski definition) is 0. The molecule has 2 nitrogen and oxygen atoms in total. The van der Waals surface area contributed by atoms with Crippen molar-refractivity contribution in [2.24, 2.45) is 0 Å². The minimum absolute atomic E-state index is 0.208. The quantitative estimate of drug-likeness (QED) is 0.477. The Hall–Kier alpha value is -1.96. The Morgan fingerprint density at radius 3 is 1.15 bits per heavy atom. The number of hydrogen-bond acceptors (Lipinski definition) is 2. The zero-order chi connectivity index (χ0) is 19.2. The standard InChI is InChI=1S/C24H34O2/c1-7-23(3,4)19-9-13-21(14-10-19)25-17-18-26-22-15-11-20(12-16-22)24(5,6)8-2/h9-16H,7-8,17-18H2,1-6H3. The molecule has 0 spiro atoms. The summed E-state index contributed by atoms with van der Waals surface area (Å²) in [5, 5.41) is 0. The molecule has 0 amide bonds. The van der Waals surface area contributed by atoms with Crippen LogP contribution in [0, 0.1) is 0 Å². The summed E-state index contributed by atoms with van der Waals surface area (Å²) in [6, 6.07) is 16.8. The van der Waals surface area contributed by atoms with Gasteiger partial charge in [-0.3, -0.25) is 0 Å². The van der Waals surface area contributed by atoms with Gasteiger partial charge in [-0.15, -0.1) is 0 Å². The highest BCUT2D eigenvalue weighted by atomic mass is 16.5. The van der Waals surface area contributed by atoms with E-state index in [2.05, 4.69) is 65.8 Å². The van der Waals surface area contributed by atoms with Crippen LogP contribution in [0.5, 0.6) is 11.5 Å². The lowest BCUT2D eigenvalue weighted by atomic mass is 9.82. The fourth-order valence-electron chi connectivity index (χ4n) is 2.73. The molecule has 0 aliphatic heterocycles. The molecule has 2 aromatic rings. The maximum absolute atomic E-state index is 5.80. The van der Waals surface area contributed by atoms with Crippen molar-refractivity contribution < 1.29 is 9.47 Å². The second-order valence-electron chi connectivity index (χ2n) is 8.22. The molecule has 2 rings (SSSR count). The van der Waals surface area contributed by atoms with E-state index in [-0.39, 0.29) is 10.8 Å². The molecule has 2 aromatic carbocycles. The first-order chi connectivity index (χ1) is 12.3. The van der Waals surface area contributed by atoms with Crippen LogP contribution in [0.3, 0.4) is 0 Å². The van der Waals surface area contributed by atoms with Gasteiger partial charge in [0.2, 0.25) is 0 Å². The van der Waals surface area contributed by atoms with Crippen LogP contribution in [0.2, 0.25) is 0 Å². The van der Waals surface area contributed by atoms with E-state index < -0.39 is 0 Å². The van der Waals surface area contributed by atoms with Gasteiger partial charge in [0.05, 0.1) is 0 Å². The summed E-state index contributed by atoms with van der Waals surface area (Å²) in [6.07, 6.45) is 2.24. The zero-order valence-corrected chi connectivity index (χ0v) is 17.3. The Labute approximate surface area is 159 Å². The highest BCUT2D eigenvalue weighted by Gasteiger charge is 2.18. The molecule has 0 heterocycles. The predicted molar refractivity (Wildman–Crippen MR) is 111 cm³/mol. The second-order valence-corrected chi connectivity index (χ2v) is 8.22. The van der Waals surface area contributed by atoms with Gasteiger partial charge in [0.25, 0.3) is 0 Å². The molecule has 0 aliphatic rings. The van der Waals surface area contributed by atoms with E-state index in [9.17, 15) is 0 Å². The van der Waals surface area contributed by atoms with Crippen LogP contribution in [0.15, 0.2) is 48.5 Å². The SMILES string of the molecule is CCC(C)(C)c1ccc(OCCOc2ccc(C(C)(C)CC)cc2)cc1. The molecule has 0 atom stereocenters. The fraction of sp³-hybridized carbons (Fsp3) is 0.500. The summed E-state index contributed by atoms with van der Waals surface area (Å²) in [5.74, 6) is 1.79. The van der Waals surface area contributed by atoms with Crippen molar-refractivity contribution >= 4 is 0 Å². The van der Waals surface area contributed by atoms with E-state index in [1.54, 1.807) is 0 Å². The average molecular weight is 355 g/mol. The van der Waals surface area contributed by atoms with Gasteiger partial charge in [0.1, 0.15) is 24.7 Å². The van der Waals surface area contributed by atoms with Crippen LogP contribution >= 0.6 is 0 Å². The monoisotopic (exact) mass is 354 g/mol. The van der Waals surface area contributed by atoms with E-state index in [4.69, 9.17) is 9.47 Å². The molecular weight excluding hydrogens is 320 g/mol. The van der Waals surface area contributed by atoms with Crippen LogP contribution in [-0.2, 0) is 10.8 Å². The summed E-state index contributed by atoms with van der Waals surface area (Å²) < 4.78 is 11.6. The Morgan fingerprint density at radius 1 is 0.577 bits per heavy atom. The van der Waals surface area contributed by atoms with Crippen LogP contribution in [-0.4, -0.2) is 13.2 Å². The minimum Gasteiger partial charge on any atom is -0.490 e. The van der Waals surface area contributed by atoms with Crippen molar-refractivity contribution in [1.29, 1.82) is 0 Å². The smallest absolute Gasteiger partial charge is 0.122 e. The highest BCUT2D eigenvalue weighted by Crippen LogP contribution is 2.29. The summed E-state index contributed by atoms with van der Waals surface area (Å²) in [6.45, 7) is 14.6. The first-order valence-electron chi connectivity index (χ1n) is 9.75. The van der Waals surface area contributed by atoms with Crippen molar-refractivity contribution in [3.05, 3.63) is 59.7 Å². The molecule has 0 aromatic heterocycles. The molecule has 0 saturated heterocycles. The Bertz CT molecular complexity index is 605. The first-order valence-corrected chi connectivity index (χ1v) is 9.75. The van der Waals surface area contributed by atoms with E-state index in [0.717, 1.165) is 24.3 Å². The lowest BCUT2D eigenvalue weighted by Gasteiger charge is -2.23. The molecule has 142 valence electrons. The first kappa shape index (κ1) is 20.4. The van der Waals surface area contributed by atoms with E-state index >= 15 is 0 Å². The molecule has 0 bridgehead atoms. The third kappa shape index (κ3) is 5.27. The summed E-state index contributed by atoms with van der Waals surface area (Å²) in [7, 11) is 0. The average Bonchev–Trinajstić information content (AvgIpc) is 2.66. The molecule has 0 aliphatic carbocycles. The maximum Gasteiger partial charge on any atom is 0.122 e. The Morgan fingerprint density at radius 2 is 0.885 bits per heavy atom. The van der Waals surface area contributed by atoms with Crippen LogP contribution in [0.4, 0.5) is 0 Å². The molecule has 0 N–H and O–H groups in total. The lowest BCUT2D eigenvalue weighted by Crippen LogP contribution is -2.15. The Balaban J connectivity index is 1.80. The minimum atomic E-state index is 0.208. The van der Waals surface area contributed by atoms with Crippen LogP contribution in [0.25, 0.3) is 0 Å². The van der Waals surface area contributed by atoms with Crippen LogP contribution in [0.1, 0.15) is 65.5 Å². The molecule has 0 radical (unpaired) electrons. The van der Waals surface area contributed by atoms with Gasteiger partial charge >= 0.3 is 0 Å².